The van der Waals surface area contributed by atoms with E-state index in [2.05, 4.69) is 72.4 Å². The molecule has 2 aromatic rings. The lowest BCUT2D eigenvalue weighted by molar-refractivity contribution is -0.167. The smallest absolute Gasteiger partial charge is 0.225 e. The molecule has 2 fully saturated rings. The predicted molar refractivity (Wildman–Crippen MR) is 247 cm³/mol. The summed E-state index contributed by atoms with van der Waals surface area (Å²) in [5, 5.41) is 41.7. The Bertz CT molecular complexity index is 2100. The van der Waals surface area contributed by atoms with Gasteiger partial charge in [-0.3, -0.25) is 9.59 Å². The lowest BCUT2D eigenvalue weighted by Gasteiger charge is -2.55. The number of Topliss-reactive ketones (excluding diaryl/α,β-unsaturated/α-hetero) is 1. The maximum absolute atomic E-state index is 14.3. The summed E-state index contributed by atoms with van der Waals surface area (Å²) < 4.78 is 6.24. The minimum absolute atomic E-state index is 0.0414. The highest BCUT2D eigenvalue weighted by molar-refractivity contribution is 5.97. The Morgan fingerprint density at radius 3 is 2.68 bits per heavy atom. The molecule has 4 aliphatic rings. The molecule has 7 atom stereocenters. The topological polar surface area (TPSA) is 154 Å². The van der Waals surface area contributed by atoms with Crippen LogP contribution in [0.4, 0.5) is 0 Å². The Morgan fingerprint density at radius 2 is 1.90 bits per heavy atom. The molecule has 2 saturated carbocycles. The van der Waals surface area contributed by atoms with E-state index in [0.29, 0.717) is 50.5 Å². The van der Waals surface area contributed by atoms with Gasteiger partial charge in [0.15, 0.2) is 5.78 Å². The molecule has 0 saturated heterocycles. The Morgan fingerprint density at radius 1 is 1.10 bits per heavy atom. The largest absolute Gasteiger partial charge is 0.396 e. The van der Waals surface area contributed by atoms with Crippen molar-refractivity contribution in [2.45, 2.75) is 128 Å². The van der Waals surface area contributed by atoms with Gasteiger partial charge in [0.2, 0.25) is 5.91 Å². The van der Waals surface area contributed by atoms with Crippen molar-refractivity contribution in [2.75, 3.05) is 26.4 Å². The van der Waals surface area contributed by atoms with Crippen molar-refractivity contribution < 1.29 is 29.6 Å². The number of nitrogens with two attached hydrogens (primary N) is 1. The third kappa shape index (κ3) is 10.8. The molecule has 7 N–H and O–H groups in total. The number of hydrogen-bond donors (Lipinski definition) is 6. The number of aliphatic hydroxyl groups excluding tert-OH is 2. The molecule has 1 amide bonds. The third-order valence-electron chi connectivity index (χ3n) is 14.2. The lowest BCUT2D eigenvalue weighted by Crippen LogP contribution is -2.59. The number of aliphatic hydroxyl groups is 3. The molecule has 2 aromatic carbocycles. The molecule has 2 aliphatic heterocycles. The summed E-state index contributed by atoms with van der Waals surface area (Å²) in [7, 11) is 0. The molecule has 9 nitrogen and oxygen atoms in total. The van der Waals surface area contributed by atoms with Gasteiger partial charge in [-0.1, -0.05) is 109 Å². The van der Waals surface area contributed by atoms with Crippen molar-refractivity contribution in [3.63, 3.8) is 0 Å². The van der Waals surface area contributed by atoms with E-state index in [0.717, 1.165) is 65.6 Å². The number of amides is 1. The van der Waals surface area contributed by atoms with Crippen molar-refractivity contribution in [3.05, 3.63) is 130 Å². The molecule has 2 aliphatic carbocycles. The van der Waals surface area contributed by atoms with Crippen LogP contribution in [0.2, 0.25) is 0 Å². The number of hydrogen-bond acceptors (Lipinski definition) is 8. The van der Waals surface area contributed by atoms with Gasteiger partial charge >= 0.3 is 0 Å². The van der Waals surface area contributed by atoms with Gasteiger partial charge in [-0.15, -0.1) is 0 Å². The molecule has 2 heterocycles. The minimum atomic E-state index is -1.24. The normalized spacial score (nSPS) is 31.2. The molecular weight excluding hydrogens is 775 g/mol. The van der Waals surface area contributed by atoms with E-state index in [9.17, 15) is 24.9 Å². The SMILES string of the molecule is C=C1/C=C/C=C(\[C@H]2CC[C@@]3([C@H](CCCO)/C(=C(\C)C(=O)Cc4cccc5c4CC(=O)N[C@H]5N)CC[C@@]3(C)O)[C@@H]2O)COCC#CC/C(CCCc2ccccc2)=C/C[C@@H]1NCC. The highest BCUT2D eigenvalue weighted by Crippen LogP contribution is 2.63. The highest BCUT2D eigenvalue weighted by atomic mass is 16.5. The summed E-state index contributed by atoms with van der Waals surface area (Å²) >= 11 is 0. The van der Waals surface area contributed by atoms with Gasteiger partial charge in [0, 0.05) is 36.8 Å². The fourth-order valence-corrected chi connectivity index (χ4v) is 10.8. The zero-order chi connectivity index (χ0) is 44.3. The van der Waals surface area contributed by atoms with Gasteiger partial charge in [0.25, 0.3) is 0 Å². The summed E-state index contributed by atoms with van der Waals surface area (Å²) in [6.07, 6.45) is 14.7. The molecule has 1 spiro atoms. The standard InChI is InChI=1S/C53H69N3O6/c1-5-55-47-26-25-39(20-12-19-38-16-7-6-8-17-38)18-9-10-32-62-35-41(22-11-15-36(47)2)43-28-30-53(50(43)60)46(24-14-31-57)42(27-29-52(53,4)61)37(3)48(58)33-40-21-13-23-44-45(40)34-49(59)56-51(44)54/h6-8,11,13,15-17,21-23,25,43,46-47,50-51,55,57,60-61H,2,5,12,14,18-20,24,26-35,54H2,1,3-4H3,(H,56,59)/b15-11+,39-25-,41-22-,42-37+/t43-,46-,47+,50-,51-,52-,53-/m1/s1. The number of nitrogens with one attached hydrogen (secondary N) is 2. The number of benzene rings is 2. The van der Waals surface area contributed by atoms with E-state index in [1.807, 2.05) is 50.3 Å². The van der Waals surface area contributed by atoms with E-state index in [1.54, 1.807) is 0 Å². The van der Waals surface area contributed by atoms with Gasteiger partial charge in [0.1, 0.15) is 12.8 Å². The molecule has 9 heteroatoms. The molecule has 0 aromatic heterocycles. The number of aryl methyl sites for hydroxylation is 1. The van der Waals surface area contributed by atoms with E-state index in [4.69, 9.17) is 10.5 Å². The molecular formula is C53H69N3O6. The summed E-state index contributed by atoms with van der Waals surface area (Å²) in [6, 6.07) is 16.3. The van der Waals surface area contributed by atoms with Crippen LogP contribution < -0.4 is 16.4 Å². The van der Waals surface area contributed by atoms with Crippen LogP contribution in [0.25, 0.3) is 0 Å². The molecule has 62 heavy (non-hydrogen) atoms. The Balaban J connectivity index is 1.25. The first kappa shape index (κ1) is 47.1. The van der Waals surface area contributed by atoms with E-state index in [-0.39, 0.29) is 62.2 Å². The number of carbonyl (C=O) groups excluding carboxylic acids is 2. The van der Waals surface area contributed by atoms with Crippen LogP contribution in [0, 0.1) is 29.1 Å². The second-order valence-corrected chi connectivity index (χ2v) is 18.0. The van der Waals surface area contributed by atoms with Crippen molar-refractivity contribution in [2.24, 2.45) is 23.0 Å². The number of allylic oxidation sites excluding steroid dienone is 5. The zero-order valence-electron chi connectivity index (χ0n) is 37.2. The van der Waals surface area contributed by atoms with Crippen molar-refractivity contribution in [1.29, 1.82) is 0 Å². The maximum Gasteiger partial charge on any atom is 0.225 e. The second kappa shape index (κ2) is 21.8. The Kier molecular flexibility index (Phi) is 16.6. The van der Waals surface area contributed by atoms with E-state index in [1.165, 1.54) is 11.1 Å². The summed E-state index contributed by atoms with van der Waals surface area (Å²) in [5.41, 5.74) is 12.5. The summed E-state index contributed by atoms with van der Waals surface area (Å²) in [5.74, 6) is 5.73. The van der Waals surface area contributed by atoms with Crippen molar-refractivity contribution in [3.8, 4) is 11.8 Å². The quantitative estimate of drug-likeness (QED) is 0.0703. The monoisotopic (exact) mass is 844 g/mol. The first-order valence-corrected chi connectivity index (χ1v) is 22.8. The van der Waals surface area contributed by atoms with Gasteiger partial charge in [-0.05, 0) is 129 Å². The maximum atomic E-state index is 14.3. The molecule has 332 valence electrons. The van der Waals surface area contributed by atoms with Gasteiger partial charge < -0.3 is 36.4 Å². The zero-order valence-corrected chi connectivity index (χ0v) is 37.2. The average molecular weight is 844 g/mol. The predicted octanol–water partition coefficient (Wildman–Crippen LogP) is 7.22. The van der Waals surface area contributed by atoms with Crippen molar-refractivity contribution >= 4 is 11.7 Å². The number of rotatable bonds is 13. The fourth-order valence-electron chi connectivity index (χ4n) is 10.8. The number of fused-ring (bicyclic) bond motifs is 1. The first-order chi connectivity index (χ1) is 29.9. The molecule has 0 radical (unpaired) electrons. The van der Waals surface area contributed by atoms with Gasteiger partial charge in [0.05, 0.1) is 24.7 Å². The van der Waals surface area contributed by atoms with Crippen LogP contribution in [-0.2, 0) is 33.6 Å². The second-order valence-electron chi connectivity index (χ2n) is 18.0. The van der Waals surface area contributed by atoms with Crippen LogP contribution >= 0.6 is 0 Å². The van der Waals surface area contributed by atoms with Crippen LogP contribution in [0.1, 0.15) is 113 Å². The fraction of sp³-hybridized carbons (Fsp3) is 0.509. The number of likely N-dealkylation sites (N-methyl/N-ethyl adjacent to an activating group) is 1. The minimum Gasteiger partial charge on any atom is -0.396 e. The highest BCUT2D eigenvalue weighted by Gasteiger charge is 2.64. The molecule has 0 bridgehead atoms. The van der Waals surface area contributed by atoms with Gasteiger partial charge in [-0.25, -0.2) is 0 Å². The van der Waals surface area contributed by atoms with E-state index < -0.39 is 23.3 Å². The number of ketones is 1. The average Bonchev–Trinajstić information content (AvgIpc) is 3.60. The molecule has 0 unspecified atom stereocenters. The van der Waals surface area contributed by atoms with Crippen LogP contribution in [0.3, 0.4) is 0 Å². The number of carbonyl (C=O) groups is 2. The third-order valence-corrected chi connectivity index (χ3v) is 14.2. The Hall–Kier alpha value is -4.40. The Labute approximate surface area is 369 Å². The summed E-state index contributed by atoms with van der Waals surface area (Å²) in [6.45, 7) is 11.6. The lowest BCUT2D eigenvalue weighted by atomic mass is 9.52. The van der Waals surface area contributed by atoms with Crippen LogP contribution in [-0.4, -0.2) is 71.1 Å². The van der Waals surface area contributed by atoms with E-state index >= 15 is 0 Å². The van der Waals surface area contributed by atoms with Gasteiger partial charge in [-0.2, -0.15) is 0 Å². The molecule has 6 rings (SSSR count). The van der Waals surface area contributed by atoms with Crippen LogP contribution in [0.5, 0.6) is 0 Å². The first-order valence-electron chi connectivity index (χ1n) is 22.8. The van der Waals surface area contributed by atoms with Crippen LogP contribution in [0.15, 0.2) is 107 Å². The number of ether oxygens (including phenoxy) is 1. The summed E-state index contributed by atoms with van der Waals surface area (Å²) in [4.78, 5) is 26.7. The van der Waals surface area contributed by atoms with Crippen molar-refractivity contribution in [1.82, 2.24) is 10.6 Å².